The summed E-state index contributed by atoms with van der Waals surface area (Å²) >= 11 is 11.7. The number of amides is 2. The number of nitrogens with zero attached hydrogens (tertiary/aromatic N) is 1. The molecule has 2 amide bonds. The Labute approximate surface area is 194 Å². The summed E-state index contributed by atoms with van der Waals surface area (Å²) < 4.78 is 11.2. The Kier molecular flexibility index (Phi) is 8.08. The van der Waals surface area contributed by atoms with E-state index < -0.39 is 11.8 Å². The van der Waals surface area contributed by atoms with Gasteiger partial charge in [0.1, 0.15) is 6.61 Å². The molecule has 0 aliphatic carbocycles. The lowest BCUT2D eigenvalue weighted by atomic mass is 10.2. The van der Waals surface area contributed by atoms with Gasteiger partial charge < -0.3 is 14.8 Å². The molecule has 0 aliphatic heterocycles. The molecule has 3 aromatic carbocycles. The van der Waals surface area contributed by atoms with E-state index in [4.69, 9.17) is 32.7 Å². The number of carbonyl (C=O) groups excluding carboxylic acids is 2. The van der Waals surface area contributed by atoms with Gasteiger partial charge in [-0.15, -0.1) is 0 Å². The molecule has 3 aromatic rings. The van der Waals surface area contributed by atoms with Gasteiger partial charge in [0, 0.05) is 15.7 Å². The molecule has 0 unspecified atom stereocenters. The summed E-state index contributed by atoms with van der Waals surface area (Å²) in [4.78, 5) is 23.9. The van der Waals surface area contributed by atoms with Crippen LogP contribution in [-0.4, -0.2) is 25.1 Å². The van der Waals surface area contributed by atoms with Crippen LogP contribution in [0.3, 0.4) is 0 Å². The number of rotatable bonds is 7. The summed E-state index contributed by atoms with van der Waals surface area (Å²) in [6.45, 7) is 0.346. The summed E-state index contributed by atoms with van der Waals surface area (Å²) in [5, 5.41) is 7.34. The molecule has 164 valence electrons. The fourth-order valence-corrected chi connectivity index (χ4v) is 2.91. The Hall–Kier alpha value is -3.55. The number of carbonyl (C=O) groups is 2. The maximum atomic E-state index is 11.9. The standard InChI is InChI=1S/C23H19Cl2N3O4/c1-31-21-11-16(7-10-20(21)32-14-15-5-8-17(24)9-6-15)13-26-28-23(30)22(29)27-19-4-2-3-18(25)12-19/h2-13H,14H2,1H3,(H,27,29)(H,28,30). The van der Waals surface area contributed by atoms with Crippen molar-refractivity contribution < 1.29 is 19.1 Å². The lowest BCUT2D eigenvalue weighted by Crippen LogP contribution is -2.32. The van der Waals surface area contributed by atoms with Gasteiger partial charge in [-0.2, -0.15) is 5.10 Å². The molecule has 0 saturated carbocycles. The van der Waals surface area contributed by atoms with Crippen molar-refractivity contribution in [3.05, 3.63) is 87.9 Å². The number of anilines is 1. The number of hydrazone groups is 1. The molecule has 0 atom stereocenters. The number of nitrogens with one attached hydrogen (secondary N) is 2. The van der Waals surface area contributed by atoms with Crippen molar-refractivity contribution in [3.8, 4) is 11.5 Å². The van der Waals surface area contributed by atoms with Gasteiger partial charge >= 0.3 is 11.8 Å². The van der Waals surface area contributed by atoms with E-state index in [1.54, 1.807) is 48.5 Å². The van der Waals surface area contributed by atoms with Gasteiger partial charge in [0.25, 0.3) is 0 Å². The quantitative estimate of drug-likeness (QED) is 0.297. The monoisotopic (exact) mass is 471 g/mol. The van der Waals surface area contributed by atoms with Gasteiger partial charge in [-0.1, -0.05) is 41.4 Å². The van der Waals surface area contributed by atoms with Crippen LogP contribution in [0.5, 0.6) is 11.5 Å². The predicted molar refractivity (Wildman–Crippen MR) is 125 cm³/mol. The third kappa shape index (κ3) is 6.73. The molecule has 0 aliphatic rings. The predicted octanol–water partition coefficient (Wildman–Crippen LogP) is 4.67. The van der Waals surface area contributed by atoms with E-state index in [1.807, 2.05) is 12.1 Å². The van der Waals surface area contributed by atoms with Crippen molar-refractivity contribution >= 4 is 46.9 Å². The van der Waals surface area contributed by atoms with Crippen molar-refractivity contribution in [1.82, 2.24) is 5.43 Å². The maximum absolute atomic E-state index is 11.9. The van der Waals surface area contributed by atoms with Gasteiger partial charge in [0.2, 0.25) is 0 Å². The van der Waals surface area contributed by atoms with E-state index in [2.05, 4.69) is 15.8 Å². The van der Waals surface area contributed by atoms with Crippen molar-refractivity contribution in [2.24, 2.45) is 5.10 Å². The number of halogens is 2. The van der Waals surface area contributed by atoms with Crippen LogP contribution in [0.25, 0.3) is 0 Å². The van der Waals surface area contributed by atoms with E-state index in [-0.39, 0.29) is 0 Å². The first-order valence-electron chi connectivity index (χ1n) is 9.40. The third-order valence-corrected chi connectivity index (χ3v) is 4.65. The second kappa shape index (κ2) is 11.2. The molecule has 3 rings (SSSR count). The van der Waals surface area contributed by atoms with Crippen LogP contribution in [0.1, 0.15) is 11.1 Å². The van der Waals surface area contributed by atoms with Crippen LogP contribution in [0, 0.1) is 0 Å². The topological polar surface area (TPSA) is 89.0 Å². The summed E-state index contributed by atoms with van der Waals surface area (Å²) in [5.41, 5.74) is 4.17. The van der Waals surface area contributed by atoms with E-state index in [0.717, 1.165) is 5.56 Å². The minimum absolute atomic E-state index is 0.346. The highest BCUT2D eigenvalue weighted by Gasteiger charge is 2.13. The maximum Gasteiger partial charge on any atom is 0.329 e. The zero-order valence-corrected chi connectivity index (χ0v) is 18.5. The molecule has 0 fully saturated rings. The van der Waals surface area contributed by atoms with Crippen LogP contribution in [-0.2, 0) is 16.2 Å². The highest BCUT2D eigenvalue weighted by atomic mass is 35.5. The lowest BCUT2D eigenvalue weighted by Gasteiger charge is -2.11. The number of methoxy groups -OCH3 is 1. The highest BCUT2D eigenvalue weighted by Crippen LogP contribution is 2.28. The summed E-state index contributed by atoms with van der Waals surface area (Å²) in [6.07, 6.45) is 1.38. The summed E-state index contributed by atoms with van der Waals surface area (Å²) in [6, 6.07) is 18.9. The number of benzene rings is 3. The summed E-state index contributed by atoms with van der Waals surface area (Å²) in [7, 11) is 1.52. The van der Waals surface area contributed by atoms with Crippen LogP contribution < -0.4 is 20.2 Å². The molecule has 0 spiro atoms. The Bertz CT molecular complexity index is 1130. The molecular weight excluding hydrogens is 453 g/mol. The van der Waals surface area contributed by atoms with Crippen molar-refractivity contribution in [2.45, 2.75) is 6.61 Å². The molecule has 0 radical (unpaired) electrons. The van der Waals surface area contributed by atoms with Gasteiger partial charge in [0.05, 0.1) is 13.3 Å². The molecule has 0 heterocycles. The Balaban J connectivity index is 1.56. The van der Waals surface area contributed by atoms with Gasteiger partial charge in [0.15, 0.2) is 11.5 Å². The number of hydrogen-bond acceptors (Lipinski definition) is 5. The fourth-order valence-electron chi connectivity index (χ4n) is 2.60. The lowest BCUT2D eigenvalue weighted by molar-refractivity contribution is -0.136. The van der Waals surface area contributed by atoms with Gasteiger partial charge in [-0.25, -0.2) is 5.43 Å². The molecule has 7 nitrogen and oxygen atoms in total. The van der Waals surface area contributed by atoms with Crippen molar-refractivity contribution in [3.63, 3.8) is 0 Å². The Morgan fingerprint density at radius 1 is 0.938 bits per heavy atom. The zero-order valence-electron chi connectivity index (χ0n) is 17.0. The molecule has 2 N–H and O–H groups in total. The average Bonchev–Trinajstić information content (AvgIpc) is 2.79. The van der Waals surface area contributed by atoms with Crippen molar-refractivity contribution in [2.75, 3.05) is 12.4 Å². The van der Waals surface area contributed by atoms with Crippen LogP contribution in [0.15, 0.2) is 71.8 Å². The third-order valence-electron chi connectivity index (χ3n) is 4.16. The second-order valence-corrected chi connectivity index (χ2v) is 7.36. The molecular formula is C23H19Cl2N3O4. The Morgan fingerprint density at radius 3 is 2.44 bits per heavy atom. The minimum atomic E-state index is -0.920. The van der Waals surface area contributed by atoms with E-state index in [1.165, 1.54) is 19.4 Å². The van der Waals surface area contributed by atoms with Crippen LogP contribution in [0.4, 0.5) is 5.69 Å². The fraction of sp³-hybridized carbons (Fsp3) is 0.0870. The molecule has 32 heavy (non-hydrogen) atoms. The SMILES string of the molecule is COc1cc(C=NNC(=O)C(=O)Nc2cccc(Cl)c2)ccc1OCc1ccc(Cl)cc1. The normalized spacial score (nSPS) is 10.6. The first-order valence-corrected chi connectivity index (χ1v) is 10.2. The zero-order chi connectivity index (χ0) is 22.9. The first kappa shape index (κ1) is 23.1. The first-order chi connectivity index (χ1) is 15.4. The van der Waals surface area contributed by atoms with E-state index in [9.17, 15) is 9.59 Å². The van der Waals surface area contributed by atoms with E-state index in [0.29, 0.717) is 39.4 Å². The summed E-state index contributed by atoms with van der Waals surface area (Å²) in [5.74, 6) is -0.749. The molecule has 0 bridgehead atoms. The van der Waals surface area contributed by atoms with Crippen LogP contribution in [0.2, 0.25) is 10.0 Å². The molecule has 0 aromatic heterocycles. The molecule has 0 saturated heterocycles. The average molecular weight is 472 g/mol. The number of ether oxygens (including phenoxy) is 2. The molecule has 9 heteroatoms. The van der Waals surface area contributed by atoms with Crippen molar-refractivity contribution in [1.29, 1.82) is 0 Å². The highest BCUT2D eigenvalue weighted by molar-refractivity contribution is 6.39. The minimum Gasteiger partial charge on any atom is -0.493 e. The van der Waals surface area contributed by atoms with Crippen LogP contribution >= 0.6 is 23.2 Å². The van der Waals surface area contributed by atoms with E-state index >= 15 is 0 Å². The van der Waals surface area contributed by atoms with Gasteiger partial charge in [-0.3, -0.25) is 9.59 Å². The largest absolute Gasteiger partial charge is 0.493 e. The Morgan fingerprint density at radius 2 is 1.72 bits per heavy atom. The van der Waals surface area contributed by atoms with Gasteiger partial charge in [-0.05, 0) is 59.7 Å². The smallest absolute Gasteiger partial charge is 0.329 e. The number of hydrogen-bond donors (Lipinski definition) is 2. The second-order valence-electron chi connectivity index (χ2n) is 6.49.